The van der Waals surface area contributed by atoms with Crippen LogP contribution < -0.4 is 37.2 Å². The Morgan fingerprint density at radius 3 is 1.65 bits per heavy atom. The highest BCUT2D eigenvalue weighted by Gasteiger charge is 2.39. The number of aryl methyl sites for hydroxylation is 1. The number of carbonyl (C=O) groups is 11. The summed E-state index contributed by atoms with van der Waals surface area (Å²) in [7, 11) is 0. The van der Waals surface area contributed by atoms with Gasteiger partial charge in [0, 0.05) is 19.3 Å². The van der Waals surface area contributed by atoms with E-state index in [1.807, 2.05) is 58.0 Å². The largest absolute Gasteiger partial charge is 0.481 e. The SMILES string of the molecule is CCCC[C@H](NC(=O)[C@H](CC(C)C)NC(=O)[C@@H](NC(=O)[C@H](Cc1ccccc1C)NC(=O)[C@H](CCC(=O)O)NC(=O)[C@H](CC(=O)O)NC(=O)CCC(=O)O)C(C)(C)C)C(=O)C(=O)N[C@@H](CC)c1ccccc1. The van der Waals surface area contributed by atoms with Crippen LogP contribution in [0.25, 0.3) is 0 Å². The number of amides is 7. The van der Waals surface area contributed by atoms with Crippen LogP contribution in [0.15, 0.2) is 54.6 Å². The van der Waals surface area contributed by atoms with Crippen LogP contribution in [-0.2, 0) is 59.2 Å². The highest BCUT2D eigenvalue weighted by molar-refractivity contribution is 6.38. The number of aliphatic carboxylic acids is 3. The third-order valence-electron chi connectivity index (χ3n) is 11.6. The number of carboxylic acids is 3. The molecule has 0 aliphatic carbocycles. The van der Waals surface area contributed by atoms with Gasteiger partial charge < -0.3 is 52.5 Å². The molecular weight excluding hydrogens is 935 g/mol. The summed E-state index contributed by atoms with van der Waals surface area (Å²) in [6, 6.07) is 6.61. The quantitative estimate of drug-likeness (QED) is 0.0486. The van der Waals surface area contributed by atoms with Crippen molar-refractivity contribution in [3.8, 4) is 0 Å². The minimum atomic E-state index is -1.82. The lowest BCUT2D eigenvalue weighted by Gasteiger charge is -2.34. The second kappa shape index (κ2) is 29.9. The van der Waals surface area contributed by atoms with E-state index >= 15 is 0 Å². The minimum absolute atomic E-state index is 0.0872. The van der Waals surface area contributed by atoms with Gasteiger partial charge in [0.1, 0.15) is 30.2 Å². The number of hydrogen-bond acceptors (Lipinski definition) is 11. The zero-order valence-electron chi connectivity index (χ0n) is 42.4. The molecule has 0 saturated heterocycles. The van der Waals surface area contributed by atoms with Crippen molar-refractivity contribution < 1.29 is 68.1 Å². The van der Waals surface area contributed by atoms with Gasteiger partial charge in [0.2, 0.25) is 41.2 Å². The monoisotopic (exact) mass is 1010 g/mol. The normalized spacial score (nSPS) is 14.1. The molecule has 2 aromatic carbocycles. The molecule has 0 heterocycles. The van der Waals surface area contributed by atoms with Gasteiger partial charge in [-0.1, -0.05) is 116 Å². The van der Waals surface area contributed by atoms with Gasteiger partial charge in [-0.3, -0.25) is 52.7 Å². The number of benzene rings is 2. The third kappa shape index (κ3) is 21.4. The number of hydrogen-bond donors (Lipinski definition) is 10. The summed E-state index contributed by atoms with van der Waals surface area (Å²) >= 11 is 0. The first-order valence-electron chi connectivity index (χ1n) is 24.2. The van der Waals surface area contributed by atoms with Crippen LogP contribution in [0.1, 0.15) is 135 Å². The fraction of sp³-hybridized carbons (Fsp3) is 0.549. The molecule has 0 spiro atoms. The summed E-state index contributed by atoms with van der Waals surface area (Å²) in [6.45, 7) is 14.1. The Morgan fingerprint density at radius 1 is 0.556 bits per heavy atom. The molecule has 0 radical (unpaired) electrons. The van der Waals surface area contributed by atoms with E-state index in [2.05, 4.69) is 37.2 Å². The fourth-order valence-corrected chi connectivity index (χ4v) is 7.54. The highest BCUT2D eigenvalue weighted by Crippen LogP contribution is 2.22. The maximum atomic E-state index is 14.5. The second-order valence-electron chi connectivity index (χ2n) is 19.2. The van der Waals surface area contributed by atoms with E-state index in [0.29, 0.717) is 30.4 Å². The summed E-state index contributed by atoms with van der Waals surface area (Å²) in [5.41, 5.74) is 1.02. The van der Waals surface area contributed by atoms with E-state index in [0.717, 1.165) is 5.56 Å². The van der Waals surface area contributed by atoms with Crippen LogP contribution in [0.5, 0.6) is 0 Å². The molecule has 0 fully saturated rings. The zero-order valence-corrected chi connectivity index (χ0v) is 42.4. The van der Waals surface area contributed by atoms with Crippen molar-refractivity contribution in [2.75, 3.05) is 0 Å². The van der Waals surface area contributed by atoms with Gasteiger partial charge in [-0.2, -0.15) is 0 Å². The maximum Gasteiger partial charge on any atom is 0.305 e. The van der Waals surface area contributed by atoms with Gasteiger partial charge in [-0.25, -0.2) is 0 Å². The molecule has 72 heavy (non-hydrogen) atoms. The van der Waals surface area contributed by atoms with Gasteiger partial charge >= 0.3 is 17.9 Å². The predicted molar refractivity (Wildman–Crippen MR) is 264 cm³/mol. The number of carbonyl (C=O) groups excluding carboxylic acids is 8. The van der Waals surface area contributed by atoms with Gasteiger partial charge in [-0.05, 0) is 60.6 Å². The van der Waals surface area contributed by atoms with Crippen LogP contribution >= 0.6 is 0 Å². The molecule has 396 valence electrons. The standard InChI is InChI=1S/C51H73N7O14/c1-9-11-21-34(43(66)49(71)53-33(10-2)31-18-13-12-14-19-31)54-46(68)36(26-29(3)4)57-50(72)44(51(6,7)8)58-48(70)37(27-32-20-16-15-17-30(32)5)56-45(67)35(22-24-40(60)61)55-47(69)38(28-42(64)65)52-39(59)23-25-41(62)63/h12-20,29,33-38,44H,9-11,21-28H2,1-8H3,(H,52,59)(H,53,71)(H,54,68)(H,55,69)(H,56,67)(H,57,72)(H,58,70)(H,60,61)(H,62,63)(H,64,65)/t33-,34-,35-,36-,37-,38-,44+/m0/s1. The maximum absolute atomic E-state index is 14.5. The molecule has 0 aliphatic rings. The van der Waals surface area contributed by atoms with Crippen molar-refractivity contribution in [2.45, 2.75) is 168 Å². The van der Waals surface area contributed by atoms with Crippen LogP contribution in [0.4, 0.5) is 0 Å². The molecule has 7 amide bonds. The Kier molecular flexibility index (Phi) is 25.3. The number of ketones is 1. The predicted octanol–water partition coefficient (Wildman–Crippen LogP) is 2.77. The number of nitrogens with one attached hydrogen (secondary N) is 7. The topological polar surface area (TPSA) is 333 Å². The van der Waals surface area contributed by atoms with E-state index in [1.54, 1.807) is 52.0 Å². The fourth-order valence-electron chi connectivity index (χ4n) is 7.54. The number of Topliss-reactive ketones (excluding diaryl/α,β-unsaturated/α-hetero) is 1. The molecule has 10 N–H and O–H groups in total. The highest BCUT2D eigenvalue weighted by atomic mass is 16.4. The van der Waals surface area contributed by atoms with Crippen molar-refractivity contribution in [2.24, 2.45) is 11.3 Å². The summed E-state index contributed by atoms with van der Waals surface area (Å²) in [6.07, 6.45) is -1.80. The molecule has 7 atom stereocenters. The molecule has 2 rings (SSSR count). The van der Waals surface area contributed by atoms with Gasteiger partial charge in [0.25, 0.3) is 5.91 Å². The summed E-state index contributed by atoms with van der Waals surface area (Å²) in [5.74, 6) is -11.9. The zero-order chi connectivity index (χ0) is 54.3. The number of unbranched alkanes of at least 4 members (excludes halogenated alkanes) is 1. The molecule has 0 aromatic heterocycles. The van der Waals surface area contributed by atoms with Crippen LogP contribution in [0, 0.1) is 18.3 Å². The Hall–Kier alpha value is -7.19. The van der Waals surface area contributed by atoms with E-state index in [4.69, 9.17) is 5.11 Å². The third-order valence-corrected chi connectivity index (χ3v) is 11.6. The van der Waals surface area contributed by atoms with Gasteiger partial charge in [-0.15, -0.1) is 0 Å². The second-order valence-corrected chi connectivity index (χ2v) is 19.2. The average Bonchev–Trinajstić information content (AvgIpc) is 3.30. The first-order valence-corrected chi connectivity index (χ1v) is 24.2. The molecule has 2 aromatic rings. The molecule has 21 nitrogen and oxygen atoms in total. The van der Waals surface area contributed by atoms with Gasteiger partial charge in [0.05, 0.1) is 24.9 Å². The Bertz CT molecular complexity index is 2230. The molecule has 0 unspecified atom stereocenters. The average molecular weight is 1010 g/mol. The van der Waals surface area contributed by atoms with Crippen LogP contribution in [0.3, 0.4) is 0 Å². The molecule has 21 heteroatoms. The number of rotatable bonds is 31. The van der Waals surface area contributed by atoms with Gasteiger partial charge in [0.15, 0.2) is 0 Å². The Balaban J connectivity index is 2.48. The van der Waals surface area contributed by atoms with Crippen molar-refractivity contribution in [3.05, 3.63) is 71.3 Å². The number of carboxylic acid groups (broad SMARTS) is 3. The van der Waals surface area contributed by atoms with Crippen molar-refractivity contribution in [1.82, 2.24) is 37.2 Å². The van der Waals surface area contributed by atoms with Crippen molar-refractivity contribution >= 4 is 65.0 Å². The molecule has 0 bridgehead atoms. The first-order chi connectivity index (χ1) is 33.8. The Morgan fingerprint density at radius 2 is 1.10 bits per heavy atom. The van der Waals surface area contributed by atoms with Crippen molar-refractivity contribution in [1.29, 1.82) is 0 Å². The van der Waals surface area contributed by atoms with E-state index < -0.39 is 145 Å². The Labute approximate surface area is 420 Å². The van der Waals surface area contributed by atoms with E-state index in [1.165, 1.54) is 0 Å². The van der Waals surface area contributed by atoms with Crippen molar-refractivity contribution in [3.63, 3.8) is 0 Å². The van der Waals surface area contributed by atoms with E-state index in [9.17, 15) is 63.0 Å². The molecule has 0 aliphatic heterocycles. The lowest BCUT2D eigenvalue weighted by molar-refractivity contribution is -0.142. The van der Waals surface area contributed by atoms with Crippen LogP contribution in [0.2, 0.25) is 0 Å². The minimum Gasteiger partial charge on any atom is -0.481 e. The smallest absolute Gasteiger partial charge is 0.305 e. The lowest BCUT2D eigenvalue weighted by Crippen LogP contribution is -2.62. The van der Waals surface area contributed by atoms with Crippen LogP contribution in [-0.4, -0.2) is 117 Å². The summed E-state index contributed by atoms with van der Waals surface area (Å²) < 4.78 is 0. The summed E-state index contributed by atoms with van der Waals surface area (Å²) in [5, 5.41) is 45.8. The summed E-state index contributed by atoms with van der Waals surface area (Å²) in [4.78, 5) is 144. The molecule has 0 saturated carbocycles. The van der Waals surface area contributed by atoms with E-state index in [-0.39, 0.29) is 25.2 Å². The molecular formula is C51H73N7O14. The first kappa shape index (κ1) is 60.9. The lowest BCUT2D eigenvalue weighted by atomic mass is 9.85.